The lowest BCUT2D eigenvalue weighted by Crippen LogP contribution is -2.17. The van der Waals surface area contributed by atoms with Crippen molar-refractivity contribution in [3.05, 3.63) is 76.6 Å². The topological polar surface area (TPSA) is 51.1 Å². The lowest BCUT2D eigenvalue weighted by atomic mass is 10.1. The van der Waals surface area contributed by atoms with Crippen molar-refractivity contribution in [2.75, 3.05) is 0 Å². The maximum atomic E-state index is 13.4. The van der Waals surface area contributed by atoms with Crippen molar-refractivity contribution >= 4 is 39.9 Å². The first kappa shape index (κ1) is 15.7. The molecule has 124 valence electrons. The molecule has 0 spiro atoms. The van der Waals surface area contributed by atoms with Crippen molar-refractivity contribution < 1.29 is 14.0 Å². The van der Waals surface area contributed by atoms with E-state index in [1.165, 1.54) is 12.1 Å². The molecular weight excluding hydrogens is 339 g/mol. The molecule has 25 heavy (non-hydrogen) atoms. The number of hydrogen-bond acceptors (Lipinski definition) is 3. The van der Waals surface area contributed by atoms with Gasteiger partial charge in [-0.1, -0.05) is 30.3 Å². The van der Waals surface area contributed by atoms with Crippen LogP contribution in [0.15, 0.2) is 59.6 Å². The molecule has 2 aromatic carbocycles. The number of thioether (sulfide) groups is 1. The summed E-state index contributed by atoms with van der Waals surface area (Å²) in [5, 5.41) is 2.87. The number of nitrogens with one attached hydrogen (secondary N) is 1. The van der Waals surface area contributed by atoms with Crippen LogP contribution in [0.2, 0.25) is 0 Å². The molecule has 1 fully saturated rings. The lowest BCUT2D eigenvalue weighted by Gasteiger charge is -2.05. The number of halogens is 1. The third-order valence-corrected chi connectivity index (χ3v) is 4.80. The van der Waals surface area contributed by atoms with Crippen LogP contribution in [0.4, 0.5) is 9.18 Å². The second-order valence-corrected chi connectivity index (χ2v) is 6.73. The van der Waals surface area contributed by atoms with Crippen molar-refractivity contribution in [2.45, 2.75) is 6.54 Å². The molecule has 1 aromatic heterocycles. The maximum absolute atomic E-state index is 13.4. The summed E-state index contributed by atoms with van der Waals surface area (Å²) in [6, 6.07) is 14.3. The van der Waals surface area contributed by atoms with E-state index in [9.17, 15) is 14.0 Å². The number of amides is 2. The van der Waals surface area contributed by atoms with E-state index in [0.29, 0.717) is 11.4 Å². The number of rotatable bonds is 3. The minimum absolute atomic E-state index is 0.270. The molecular formula is C19H13FN2O2S. The predicted octanol–water partition coefficient (Wildman–Crippen LogP) is 4.15. The Morgan fingerprint density at radius 1 is 1.12 bits per heavy atom. The second-order valence-electron chi connectivity index (χ2n) is 5.71. The molecule has 2 amide bonds. The Morgan fingerprint density at radius 3 is 2.72 bits per heavy atom. The van der Waals surface area contributed by atoms with Crippen molar-refractivity contribution in [1.82, 2.24) is 9.88 Å². The SMILES string of the molecule is O=C1NC(=O)/C(=C/c2cn(Cc3cccc(F)c3)c3ccccc23)S1. The summed E-state index contributed by atoms with van der Waals surface area (Å²) >= 11 is 0.895. The molecule has 0 radical (unpaired) electrons. The van der Waals surface area contributed by atoms with Gasteiger partial charge in [0, 0.05) is 29.2 Å². The van der Waals surface area contributed by atoms with E-state index in [2.05, 4.69) is 5.32 Å². The number of nitrogens with zero attached hydrogens (tertiary/aromatic N) is 1. The summed E-state index contributed by atoms with van der Waals surface area (Å²) in [5.41, 5.74) is 2.68. The molecule has 0 aliphatic carbocycles. The highest BCUT2D eigenvalue weighted by molar-refractivity contribution is 8.18. The molecule has 1 aliphatic rings. The number of aromatic nitrogens is 1. The van der Waals surface area contributed by atoms with Gasteiger partial charge >= 0.3 is 0 Å². The van der Waals surface area contributed by atoms with E-state index >= 15 is 0 Å². The van der Waals surface area contributed by atoms with E-state index in [0.717, 1.165) is 33.8 Å². The number of carbonyl (C=O) groups is 2. The molecule has 0 unspecified atom stereocenters. The Kier molecular flexibility index (Phi) is 3.89. The molecule has 0 atom stereocenters. The van der Waals surface area contributed by atoms with Gasteiger partial charge in [-0.05, 0) is 41.6 Å². The summed E-state index contributed by atoms with van der Waals surface area (Å²) in [6.07, 6.45) is 3.63. The minimum Gasteiger partial charge on any atom is -0.342 e. The highest BCUT2D eigenvalue weighted by Crippen LogP contribution is 2.30. The van der Waals surface area contributed by atoms with Crippen LogP contribution in [0.5, 0.6) is 0 Å². The average Bonchev–Trinajstić information content (AvgIpc) is 3.08. The maximum Gasteiger partial charge on any atom is 0.290 e. The molecule has 4 nitrogen and oxygen atoms in total. The fraction of sp³-hybridized carbons (Fsp3) is 0.0526. The molecule has 1 saturated heterocycles. The third kappa shape index (κ3) is 3.08. The summed E-state index contributed by atoms with van der Waals surface area (Å²) in [6.45, 7) is 0.514. The van der Waals surface area contributed by atoms with Crippen LogP contribution in [-0.2, 0) is 11.3 Å². The normalized spacial score (nSPS) is 16.0. The monoisotopic (exact) mass is 352 g/mol. The zero-order valence-corrected chi connectivity index (χ0v) is 13.8. The first-order valence-electron chi connectivity index (χ1n) is 7.67. The van der Waals surface area contributed by atoms with E-state index in [-0.39, 0.29) is 17.0 Å². The fourth-order valence-electron chi connectivity index (χ4n) is 2.92. The third-order valence-electron chi connectivity index (χ3n) is 3.99. The van der Waals surface area contributed by atoms with E-state index in [1.807, 2.05) is 41.1 Å². The number of fused-ring (bicyclic) bond motifs is 1. The fourth-order valence-corrected chi connectivity index (χ4v) is 3.59. The molecule has 0 saturated carbocycles. The number of para-hydroxylation sites is 1. The first-order chi connectivity index (χ1) is 12.1. The molecule has 2 heterocycles. The van der Waals surface area contributed by atoms with Gasteiger partial charge in [-0.15, -0.1) is 0 Å². The Hall–Kier alpha value is -2.86. The smallest absolute Gasteiger partial charge is 0.290 e. The van der Waals surface area contributed by atoms with Crippen LogP contribution >= 0.6 is 11.8 Å². The predicted molar refractivity (Wildman–Crippen MR) is 96.5 cm³/mol. The molecule has 4 rings (SSSR count). The van der Waals surface area contributed by atoms with Crippen LogP contribution in [0.3, 0.4) is 0 Å². The van der Waals surface area contributed by atoms with Crippen molar-refractivity contribution in [2.24, 2.45) is 0 Å². The summed E-state index contributed by atoms with van der Waals surface area (Å²) in [4.78, 5) is 23.5. The molecule has 1 aliphatic heterocycles. The minimum atomic E-state index is -0.378. The zero-order chi connectivity index (χ0) is 17.4. The summed E-state index contributed by atoms with van der Waals surface area (Å²) in [5.74, 6) is -0.647. The molecule has 0 bridgehead atoms. The number of hydrogen-bond donors (Lipinski definition) is 1. The average molecular weight is 352 g/mol. The lowest BCUT2D eigenvalue weighted by molar-refractivity contribution is -0.115. The van der Waals surface area contributed by atoms with Crippen LogP contribution < -0.4 is 5.32 Å². The van der Waals surface area contributed by atoms with E-state index in [4.69, 9.17) is 0 Å². The zero-order valence-electron chi connectivity index (χ0n) is 13.0. The standard InChI is InChI=1S/C19H13FN2O2S/c20-14-5-3-4-12(8-14)10-22-11-13(15-6-1-2-7-16(15)22)9-17-18(23)21-19(24)25-17/h1-9,11H,10H2,(H,21,23,24)/b17-9-. The molecule has 6 heteroatoms. The quantitative estimate of drug-likeness (QED) is 0.721. The number of carbonyl (C=O) groups excluding carboxylic acids is 2. The van der Waals surface area contributed by atoms with Gasteiger partial charge in [-0.2, -0.15) is 0 Å². The van der Waals surface area contributed by atoms with Crippen molar-refractivity contribution in [3.63, 3.8) is 0 Å². The Balaban J connectivity index is 1.78. The second kappa shape index (κ2) is 6.22. The highest BCUT2D eigenvalue weighted by Gasteiger charge is 2.25. The number of benzene rings is 2. The highest BCUT2D eigenvalue weighted by atomic mass is 32.2. The van der Waals surface area contributed by atoms with Gasteiger partial charge in [-0.3, -0.25) is 14.9 Å². The van der Waals surface area contributed by atoms with Gasteiger partial charge in [0.15, 0.2) is 0 Å². The van der Waals surface area contributed by atoms with Crippen LogP contribution in [0.1, 0.15) is 11.1 Å². The Morgan fingerprint density at radius 2 is 1.96 bits per heavy atom. The summed E-state index contributed by atoms with van der Waals surface area (Å²) in [7, 11) is 0. The van der Waals surface area contributed by atoms with Gasteiger partial charge in [0.1, 0.15) is 5.82 Å². The van der Waals surface area contributed by atoms with Gasteiger partial charge in [0.05, 0.1) is 4.91 Å². The van der Waals surface area contributed by atoms with Crippen LogP contribution in [0.25, 0.3) is 17.0 Å². The van der Waals surface area contributed by atoms with Gasteiger partial charge in [-0.25, -0.2) is 4.39 Å². The van der Waals surface area contributed by atoms with E-state index < -0.39 is 0 Å². The first-order valence-corrected chi connectivity index (χ1v) is 8.49. The number of imide groups is 1. The molecule has 1 N–H and O–H groups in total. The summed E-state index contributed by atoms with van der Waals surface area (Å²) < 4.78 is 15.5. The van der Waals surface area contributed by atoms with Crippen molar-refractivity contribution in [3.8, 4) is 0 Å². The largest absolute Gasteiger partial charge is 0.342 e. The van der Waals surface area contributed by atoms with Crippen LogP contribution in [0, 0.1) is 5.82 Å². The van der Waals surface area contributed by atoms with Gasteiger partial charge in [0.25, 0.3) is 11.1 Å². The van der Waals surface area contributed by atoms with Gasteiger partial charge < -0.3 is 4.57 Å². The van der Waals surface area contributed by atoms with Crippen LogP contribution in [-0.4, -0.2) is 15.7 Å². The Labute approximate surface area is 147 Å². The Bertz CT molecular complexity index is 1040. The van der Waals surface area contributed by atoms with Crippen molar-refractivity contribution in [1.29, 1.82) is 0 Å². The van der Waals surface area contributed by atoms with Gasteiger partial charge in [0.2, 0.25) is 0 Å². The molecule has 3 aromatic rings. The van der Waals surface area contributed by atoms with E-state index in [1.54, 1.807) is 12.1 Å².